The van der Waals surface area contributed by atoms with E-state index in [9.17, 15) is 4.79 Å². The Labute approximate surface area is 179 Å². The number of nitrogens with zero attached hydrogens (tertiary/aromatic N) is 3. The summed E-state index contributed by atoms with van der Waals surface area (Å²) in [5.41, 5.74) is 0.848. The lowest BCUT2D eigenvalue weighted by Crippen LogP contribution is -2.40. The van der Waals surface area contributed by atoms with E-state index in [4.69, 9.17) is 9.73 Å². The second kappa shape index (κ2) is 12.6. The first-order chi connectivity index (χ1) is 12.7. The monoisotopic (exact) mass is 486 g/mol. The number of rotatable bonds is 9. The maximum atomic E-state index is 12.2. The largest absolute Gasteiger partial charge is 0.482 e. The van der Waals surface area contributed by atoms with E-state index in [0.717, 1.165) is 49.7 Å². The molecule has 0 saturated carbocycles. The van der Waals surface area contributed by atoms with Gasteiger partial charge in [0.05, 0.1) is 5.69 Å². The van der Waals surface area contributed by atoms with Gasteiger partial charge in [-0.15, -0.1) is 30.6 Å². The van der Waals surface area contributed by atoms with Gasteiger partial charge in [0.2, 0.25) is 0 Å². The van der Waals surface area contributed by atoms with Crippen LogP contribution in [0.3, 0.4) is 0 Å². The van der Waals surface area contributed by atoms with E-state index in [-0.39, 0.29) is 36.5 Å². The van der Waals surface area contributed by atoms with E-state index in [1.165, 1.54) is 0 Å². The van der Waals surface area contributed by atoms with Crippen molar-refractivity contribution in [1.82, 2.24) is 10.2 Å². The first kappa shape index (κ1) is 23.3. The number of guanidine groups is 1. The number of unbranched alkanes of at least 4 members (excludes halogenated alkanes) is 1. The second-order valence-corrected chi connectivity index (χ2v) is 6.24. The average molecular weight is 486 g/mol. The summed E-state index contributed by atoms with van der Waals surface area (Å²) in [5.74, 6) is 1.68. The number of nitrogens with one attached hydrogen (secondary N) is 1. The lowest BCUT2D eigenvalue weighted by molar-refractivity contribution is -0.121. The molecule has 1 amide bonds. The zero-order chi connectivity index (χ0) is 18.8. The van der Waals surface area contributed by atoms with Crippen LogP contribution >= 0.6 is 24.0 Å². The summed E-state index contributed by atoms with van der Waals surface area (Å²) in [4.78, 5) is 20.8. The van der Waals surface area contributed by atoms with Gasteiger partial charge in [-0.3, -0.25) is 9.79 Å². The maximum absolute atomic E-state index is 12.2. The Morgan fingerprint density at radius 1 is 1.41 bits per heavy atom. The number of ether oxygens (including phenoxy) is 1. The molecule has 1 aromatic rings. The topological polar surface area (TPSA) is 57.2 Å². The highest BCUT2D eigenvalue weighted by Crippen LogP contribution is 2.31. The summed E-state index contributed by atoms with van der Waals surface area (Å²) in [6.07, 6.45) is 4.80. The first-order valence-electron chi connectivity index (χ1n) is 9.30. The minimum absolute atomic E-state index is 0. The van der Waals surface area contributed by atoms with E-state index in [2.05, 4.69) is 23.7 Å². The molecule has 150 valence electrons. The maximum Gasteiger partial charge on any atom is 0.265 e. The van der Waals surface area contributed by atoms with Crippen molar-refractivity contribution in [2.45, 2.75) is 26.2 Å². The minimum Gasteiger partial charge on any atom is -0.482 e. The molecule has 1 N–H and O–H groups in total. The van der Waals surface area contributed by atoms with Crippen LogP contribution in [-0.2, 0) is 4.79 Å². The molecule has 0 unspecified atom stereocenters. The number of carbonyl (C=O) groups is 1. The Bertz CT molecular complexity index is 636. The highest BCUT2D eigenvalue weighted by atomic mass is 127. The van der Waals surface area contributed by atoms with E-state index < -0.39 is 0 Å². The van der Waals surface area contributed by atoms with Crippen molar-refractivity contribution in [3.8, 4) is 5.75 Å². The molecule has 1 aliphatic rings. The molecule has 6 nitrogen and oxygen atoms in total. The first-order valence-corrected chi connectivity index (χ1v) is 9.30. The molecule has 0 saturated heterocycles. The fraction of sp³-hybridized carbons (Fsp3) is 0.500. The summed E-state index contributed by atoms with van der Waals surface area (Å²) in [7, 11) is 2.05. The van der Waals surface area contributed by atoms with Crippen molar-refractivity contribution in [3.63, 3.8) is 0 Å². The molecule has 2 rings (SSSR count). The van der Waals surface area contributed by atoms with Gasteiger partial charge < -0.3 is 19.9 Å². The molecule has 0 bridgehead atoms. The third-order valence-electron chi connectivity index (χ3n) is 4.21. The molecule has 1 aliphatic heterocycles. The minimum atomic E-state index is 0. The Hall–Kier alpha value is -1.77. The summed E-state index contributed by atoms with van der Waals surface area (Å²) < 4.78 is 5.48. The molecule has 27 heavy (non-hydrogen) atoms. The van der Waals surface area contributed by atoms with Gasteiger partial charge in [-0.2, -0.15) is 0 Å². The van der Waals surface area contributed by atoms with Gasteiger partial charge in [0.25, 0.3) is 5.91 Å². The number of fused-ring (bicyclic) bond motifs is 1. The molecule has 0 aromatic heterocycles. The second-order valence-electron chi connectivity index (χ2n) is 6.24. The standard InChI is InChI=1S/C20H30N4O2.HI/c1-4-6-9-14-23(3)20(21-5-2)22-13-10-15-24-17-11-7-8-12-18(17)26-16-19(24)25;/h4,7-8,11-12H,1,5-6,9-10,13-16H2,2-3H3,(H,21,22);1H. The smallest absolute Gasteiger partial charge is 0.265 e. The molecule has 1 aromatic carbocycles. The average Bonchev–Trinajstić information content (AvgIpc) is 2.65. The molecule has 7 heteroatoms. The van der Waals surface area contributed by atoms with Gasteiger partial charge in [0.1, 0.15) is 5.75 Å². The van der Waals surface area contributed by atoms with Crippen LogP contribution in [0.25, 0.3) is 0 Å². The van der Waals surface area contributed by atoms with Crippen molar-refractivity contribution in [3.05, 3.63) is 36.9 Å². The predicted molar refractivity (Wildman–Crippen MR) is 122 cm³/mol. The number of carbonyl (C=O) groups excluding carboxylic acids is 1. The highest BCUT2D eigenvalue weighted by Gasteiger charge is 2.24. The zero-order valence-corrected chi connectivity index (χ0v) is 18.6. The summed E-state index contributed by atoms with van der Waals surface area (Å²) in [5, 5.41) is 3.32. The van der Waals surface area contributed by atoms with Gasteiger partial charge in [-0.1, -0.05) is 18.2 Å². The van der Waals surface area contributed by atoms with Crippen LogP contribution in [0, 0.1) is 0 Å². The number of hydrogen-bond acceptors (Lipinski definition) is 3. The van der Waals surface area contributed by atoms with E-state index in [1.807, 2.05) is 37.4 Å². The van der Waals surface area contributed by atoms with Gasteiger partial charge in [0, 0.05) is 33.2 Å². The SMILES string of the molecule is C=CCCCN(C)C(=NCCCN1C(=O)COc2ccccc21)NCC.I. The normalized spacial score (nSPS) is 13.3. The number of allylic oxidation sites excluding steroid dienone is 1. The van der Waals surface area contributed by atoms with Crippen LogP contribution in [0.15, 0.2) is 41.9 Å². The van der Waals surface area contributed by atoms with Crippen molar-refractivity contribution < 1.29 is 9.53 Å². The van der Waals surface area contributed by atoms with E-state index in [0.29, 0.717) is 13.1 Å². The van der Waals surface area contributed by atoms with Gasteiger partial charge in [-0.25, -0.2) is 0 Å². The fourth-order valence-electron chi connectivity index (χ4n) is 2.86. The Morgan fingerprint density at radius 2 is 2.19 bits per heavy atom. The number of hydrogen-bond donors (Lipinski definition) is 1. The van der Waals surface area contributed by atoms with E-state index in [1.54, 1.807) is 4.90 Å². The summed E-state index contributed by atoms with van der Waals surface area (Å²) in [6.45, 7) is 9.01. The highest BCUT2D eigenvalue weighted by molar-refractivity contribution is 14.0. The predicted octanol–water partition coefficient (Wildman–Crippen LogP) is 3.28. The van der Waals surface area contributed by atoms with Crippen molar-refractivity contribution >= 4 is 41.5 Å². The Morgan fingerprint density at radius 3 is 2.93 bits per heavy atom. The number of halogens is 1. The Kier molecular flexibility index (Phi) is 10.8. The van der Waals surface area contributed by atoms with Crippen LogP contribution < -0.4 is 15.0 Å². The molecular formula is C20H31IN4O2. The molecule has 0 radical (unpaired) electrons. The molecular weight excluding hydrogens is 455 g/mol. The fourth-order valence-corrected chi connectivity index (χ4v) is 2.86. The van der Waals surface area contributed by atoms with Gasteiger partial charge in [0.15, 0.2) is 12.6 Å². The quantitative estimate of drug-likeness (QED) is 0.191. The van der Waals surface area contributed by atoms with Crippen LogP contribution in [0.4, 0.5) is 5.69 Å². The number of benzene rings is 1. The summed E-state index contributed by atoms with van der Waals surface area (Å²) in [6, 6.07) is 7.66. The van der Waals surface area contributed by atoms with Crippen molar-refractivity contribution in [1.29, 1.82) is 0 Å². The molecule has 0 aliphatic carbocycles. The van der Waals surface area contributed by atoms with Crippen LogP contribution in [0.2, 0.25) is 0 Å². The number of para-hydroxylation sites is 2. The van der Waals surface area contributed by atoms with Crippen LogP contribution in [0.1, 0.15) is 26.2 Å². The molecule has 0 atom stereocenters. The molecule has 1 heterocycles. The van der Waals surface area contributed by atoms with Gasteiger partial charge >= 0.3 is 0 Å². The van der Waals surface area contributed by atoms with Crippen molar-refractivity contribution in [2.24, 2.45) is 4.99 Å². The number of anilines is 1. The zero-order valence-electron chi connectivity index (χ0n) is 16.3. The van der Waals surface area contributed by atoms with E-state index >= 15 is 0 Å². The lowest BCUT2D eigenvalue weighted by atomic mass is 10.2. The van der Waals surface area contributed by atoms with Crippen LogP contribution in [0.5, 0.6) is 5.75 Å². The number of aliphatic imine (C=N–C) groups is 1. The third kappa shape index (κ3) is 7.04. The molecule has 0 spiro atoms. The molecule has 0 fully saturated rings. The summed E-state index contributed by atoms with van der Waals surface area (Å²) >= 11 is 0. The van der Waals surface area contributed by atoms with Crippen LogP contribution in [-0.4, -0.2) is 56.6 Å². The number of amides is 1. The lowest BCUT2D eigenvalue weighted by Gasteiger charge is -2.29. The Balaban J connectivity index is 0.00000364. The van der Waals surface area contributed by atoms with Crippen molar-refractivity contribution in [2.75, 3.05) is 44.7 Å². The van der Waals surface area contributed by atoms with Gasteiger partial charge in [-0.05, 0) is 38.3 Å². The third-order valence-corrected chi connectivity index (χ3v) is 4.21.